The van der Waals surface area contributed by atoms with Crippen molar-refractivity contribution in [1.29, 1.82) is 0 Å². The standard InChI is InChI=1S/C16H24N2O/c1-4-9-18(5-2)10-8-13-12-17-16-7-6-14(19-3)11-15(13)16/h6-7,11-12,17H,4-5,8-10H2,1-3H3/i8D2,10D2. The molecule has 0 amide bonds. The zero-order valence-electron chi connectivity index (χ0n) is 15.8. The van der Waals surface area contributed by atoms with Gasteiger partial charge in [-0.1, -0.05) is 13.8 Å². The van der Waals surface area contributed by atoms with Gasteiger partial charge in [0.05, 0.1) is 7.11 Å². The number of hydrogen-bond donors (Lipinski definition) is 1. The summed E-state index contributed by atoms with van der Waals surface area (Å²) in [6, 6.07) is 5.35. The fourth-order valence-corrected chi connectivity index (χ4v) is 2.03. The van der Waals surface area contributed by atoms with Crippen molar-refractivity contribution >= 4 is 10.9 Å². The lowest BCUT2D eigenvalue weighted by Gasteiger charge is -2.19. The lowest BCUT2D eigenvalue weighted by atomic mass is 10.1. The van der Waals surface area contributed by atoms with Gasteiger partial charge in [-0.25, -0.2) is 0 Å². The molecular formula is C16H24N2O. The van der Waals surface area contributed by atoms with Crippen LogP contribution in [0.1, 0.15) is 31.3 Å². The number of aromatic nitrogens is 1. The summed E-state index contributed by atoms with van der Waals surface area (Å²) in [5.41, 5.74) is 1.07. The van der Waals surface area contributed by atoms with Crippen molar-refractivity contribution in [3.63, 3.8) is 0 Å². The minimum atomic E-state index is -2.16. The molecule has 0 aliphatic heterocycles. The Morgan fingerprint density at radius 3 is 2.89 bits per heavy atom. The van der Waals surface area contributed by atoms with Gasteiger partial charge < -0.3 is 14.6 Å². The number of methoxy groups -OCH3 is 1. The first-order valence-corrected chi connectivity index (χ1v) is 6.70. The van der Waals surface area contributed by atoms with Gasteiger partial charge in [0.15, 0.2) is 0 Å². The van der Waals surface area contributed by atoms with Crippen molar-refractivity contribution in [2.75, 3.05) is 26.7 Å². The first kappa shape index (κ1) is 9.43. The van der Waals surface area contributed by atoms with Crippen LogP contribution in [0.15, 0.2) is 24.4 Å². The molecule has 1 aromatic carbocycles. The molecule has 1 aromatic heterocycles. The van der Waals surface area contributed by atoms with E-state index in [0.29, 0.717) is 29.8 Å². The van der Waals surface area contributed by atoms with Gasteiger partial charge in [0.2, 0.25) is 0 Å². The molecule has 0 spiro atoms. The van der Waals surface area contributed by atoms with Crippen LogP contribution in [0.2, 0.25) is 0 Å². The summed E-state index contributed by atoms with van der Waals surface area (Å²) >= 11 is 0. The fraction of sp³-hybridized carbons (Fsp3) is 0.500. The second-order valence-corrected chi connectivity index (χ2v) is 4.43. The van der Waals surface area contributed by atoms with Gasteiger partial charge in [-0.2, -0.15) is 0 Å². The molecule has 0 saturated heterocycles. The number of aromatic amines is 1. The third-order valence-electron chi connectivity index (χ3n) is 3.11. The summed E-state index contributed by atoms with van der Waals surface area (Å²) in [7, 11) is 1.56. The van der Waals surface area contributed by atoms with E-state index >= 15 is 0 Å². The predicted octanol–water partition coefficient (Wildman–Crippen LogP) is 3.45. The topological polar surface area (TPSA) is 28.3 Å². The van der Waals surface area contributed by atoms with Crippen LogP contribution in [0.5, 0.6) is 5.75 Å². The maximum atomic E-state index is 8.50. The average molecular weight is 264 g/mol. The zero-order valence-corrected chi connectivity index (χ0v) is 11.8. The molecular weight excluding hydrogens is 236 g/mol. The summed E-state index contributed by atoms with van der Waals surface area (Å²) in [5, 5.41) is 0.644. The molecule has 1 N–H and O–H groups in total. The van der Waals surface area contributed by atoms with Gasteiger partial charge in [-0.15, -0.1) is 0 Å². The first-order chi connectivity index (χ1) is 10.8. The first-order valence-electron chi connectivity index (χ1n) is 8.70. The second-order valence-electron chi connectivity index (χ2n) is 4.43. The van der Waals surface area contributed by atoms with Crippen LogP contribution in [0.25, 0.3) is 10.9 Å². The van der Waals surface area contributed by atoms with E-state index in [4.69, 9.17) is 10.2 Å². The number of nitrogens with one attached hydrogen (secondary N) is 1. The maximum Gasteiger partial charge on any atom is 0.119 e. The van der Waals surface area contributed by atoms with Crippen molar-refractivity contribution < 1.29 is 10.2 Å². The highest BCUT2D eigenvalue weighted by molar-refractivity contribution is 5.84. The quantitative estimate of drug-likeness (QED) is 0.829. The van der Waals surface area contributed by atoms with Crippen molar-refractivity contribution in [3.8, 4) is 5.75 Å². The van der Waals surface area contributed by atoms with Gasteiger partial charge in [0.1, 0.15) is 5.75 Å². The fourth-order valence-electron chi connectivity index (χ4n) is 2.03. The SMILES string of the molecule is [2H]C([2H])(c1c[nH]c2ccc(OC)cc12)C([2H])([2H])N(CC)CCC. The Hall–Kier alpha value is -1.48. The number of fused-ring (bicyclic) bond motifs is 1. The molecule has 0 saturated carbocycles. The lowest BCUT2D eigenvalue weighted by molar-refractivity contribution is 0.293. The third-order valence-corrected chi connectivity index (χ3v) is 3.11. The third kappa shape index (κ3) is 3.29. The van der Waals surface area contributed by atoms with Crippen molar-refractivity contribution in [3.05, 3.63) is 30.0 Å². The number of hydrogen-bond acceptors (Lipinski definition) is 2. The Labute approximate surface area is 121 Å². The summed E-state index contributed by atoms with van der Waals surface area (Å²) < 4.78 is 39.0. The average Bonchev–Trinajstić information content (AvgIpc) is 2.95. The molecule has 0 bridgehead atoms. The number of likely N-dealkylation sites (N-methyl/N-ethyl adjacent to an activating group) is 1. The Kier molecular flexibility index (Phi) is 3.28. The van der Waals surface area contributed by atoms with Gasteiger partial charge in [-0.05, 0) is 49.6 Å². The number of aryl methyl sites for hydroxylation is 1. The van der Waals surface area contributed by atoms with E-state index in [1.54, 1.807) is 30.3 Å². The highest BCUT2D eigenvalue weighted by Crippen LogP contribution is 2.24. The Bertz CT molecular complexity index is 669. The molecule has 0 aliphatic carbocycles. The highest BCUT2D eigenvalue weighted by atomic mass is 16.5. The zero-order chi connectivity index (χ0) is 17.3. The Morgan fingerprint density at radius 2 is 2.21 bits per heavy atom. The van der Waals surface area contributed by atoms with E-state index in [2.05, 4.69) is 4.98 Å². The van der Waals surface area contributed by atoms with E-state index in [1.165, 1.54) is 0 Å². The van der Waals surface area contributed by atoms with E-state index in [1.807, 2.05) is 19.9 Å². The smallest absolute Gasteiger partial charge is 0.119 e. The largest absolute Gasteiger partial charge is 0.497 e. The molecule has 0 radical (unpaired) electrons. The molecule has 1 heterocycles. The van der Waals surface area contributed by atoms with Crippen LogP contribution in [0.4, 0.5) is 0 Å². The van der Waals surface area contributed by atoms with Crippen LogP contribution in [0, 0.1) is 0 Å². The summed E-state index contributed by atoms with van der Waals surface area (Å²) in [6.07, 6.45) is 0.162. The molecule has 0 atom stereocenters. The van der Waals surface area contributed by atoms with E-state index in [9.17, 15) is 0 Å². The second kappa shape index (κ2) is 6.62. The minimum absolute atomic E-state index is 0.311. The number of benzene rings is 1. The summed E-state index contributed by atoms with van der Waals surface area (Å²) in [5.74, 6) is 0.621. The molecule has 2 rings (SSSR count). The Morgan fingerprint density at radius 1 is 1.37 bits per heavy atom. The predicted molar refractivity (Wildman–Crippen MR) is 81.0 cm³/mol. The monoisotopic (exact) mass is 264 g/mol. The van der Waals surface area contributed by atoms with Gasteiger partial charge in [-0.3, -0.25) is 0 Å². The molecule has 19 heavy (non-hydrogen) atoms. The van der Waals surface area contributed by atoms with Gasteiger partial charge >= 0.3 is 0 Å². The van der Waals surface area contributed by atoms with Crippen LogP contribution in [-0.4, -0.2) is 36.6 Å². The lowest BCUT2D eigenvalue weighted by Crippen LogP contribution is -2.26. The molecule has 3 heteroatoms. The molecule has 2 aromatic rings. The Balaban J connectivity index is 2.53. The molecule has 0 fully saturated rings. The summed E-state index contributed by atoms with van der Waals surface area (Å²) in [6.45, 7) is 2.66. The van der Waals surface area contributed by atoms with Gasteiger partial charge in [0, 0.05) is 29.1 Å². The van der Waals surface area contributed by atoms with Crippen LogP contribution < -0.4 is 4.74 Å². The number of H-pyrrole nitrogens is 1. The van der Waals surface area contributed by atoms with Crippen LogP contribution in [-0.2, 0) is 6.37 Å². The van der Waals surface area contributed by atoms with E-state index < -0.39 is 12.9 Å². The molecule has 0 unspecified atom stereocenters. The summed E-state index contributed by atoms with van der Waals surface area (Å²) in [4.78, 5) is 4.57. The van der Waals surface area contributed by atoms with E-state index in [0.717, 1.165) is 11.9 Å². The number of nitrogens with zero attached hydrogens (tertiary/aromatic N) is 1. The highest BCUT2D eigenvalue weighted by Gasteiger charge is 2.07. The molecule has 0 aliphatic rings. The number of rotatable bonds is 7. The normalized spacial score (nSPS) is 16.0. The number of ether oxygens (including phenoxy) is 1. The van der Waals surface area contributed by atoms with E-state index in [-0.39, 0.29) is 0 Å². The molecule has 3 nitrogen and oxygen atoms in total. The maximum absolute atomic E-state index is 8.50. The molecule has 104 valence electrons. The minimum Gasteiger partial charge on any atom is -0.497 e. The van der Waals surface area contributed by atoms with Gasteiger partial charge in [0.25, 0.3) is 0 Å². The van der Waals surface area contributed by atoms with Crippen LogP contribution in [0.3, 0.4) is 0 Å². The van der Waals surface area contributed by atoms with Crippen molar-refractivity contribution in [1.82, 2.24) is 9.88 Å². The van der Waals surface area contributed by atoms with Crippen LogP contribution >= 0.6 is 0 Å². The van der Waals surface area contributed by atoms with Crippen molar-refractivity contribution in [2.45, 2.75) is 26.6 Å². The van der Waals surface area contributed by atoms with Crippen molar-refractivity contribution in [2.24, 2.45) is 0 Å².